The second-order valence-corrected chi connectivity index (χ2v) is 20.8. The number of halogens is 4. The molecule has 0 aliphatic carbocycles. The molecule has 4 fully saturated rings. The predicted molar refractivity (Wildman–Crippen MR) is 291 cm³/mol. The molecule has 24 heteroatoms. The van der Waals surface area contributed by atoms with Crippen LogP contribution in [-0.4, -0.2) is 137 Å². The van der Waals surface area contributed by atoms with Gasteiger partial charge in [-0.25, -0.2) is 38.3 Å². The number of rotatable bonds is 20. The molecule has 422 valence electrons. The van der Waals surface area contributed by atoms with Crippen LogP contribution in [-0.2, 0) is 53.6 Å². The number of likely N-dealkylation sites (tertiary alicyclic amines) is 2. The van der Waals surface area contributed by atoms with Crippen LogP contribution in [0.25, 0.3) is 22.1 Å². The van der Waals surface area contributed by atoms with E-state index >= 15 is 0 Å². The number of carbonyl (C=O) groups excluding carboxylic acids is 1. The summed E-state index contributed by atoms with van der Waals surface area (Å²) in [5, 5.41) is 10.1. The highest BCUT2D eigenvalue weighted by Crippen LogP contribution is 2.29. The van der Waals surface area contributed by atoms with Gasteiger partial charge in [-0.15, -0.1) is 0 Å². The van der Waals surface area contributed by atoms with Gasteiger partial charge >= 0.3 is 11.9 Å². The number of fused-ring (bicyclic) bond motifs is 2. The lowest BCUT2D eigenvalue weighted by molar-refractivity contribution is -0.0593. The standard InChI is InChI=1S/C29H29ClFN5O5.C28H27ClFN5O5/c1-38-29(37)18-2-4-23-24(12-18)36(15-20-8-11-39-20)27(33-23)16-35-10-7-21(14-35)41-28-6-9-32-26(34-28)17-40-25-5-3-19(30)13-22(25)31;29-18-2-4-24(21(30)12-18)39-16-25-31-8-5-27(33-25)40-20-6-9-34(13-20)15-26-32-22-3-1-17(28(36)37)11-23(22)35(26)14-19-7-10-38-19/h2-6,9,12-13,20-21H,7-8,10-11,14-17H2,1H3;1-5,8,11-12,19-20H,6-7,9-10,13-16H2,(H,36,37)/t20-,21-;19-,20-/m00/s1. The van der Waals surface area contributed by atoms with Crippen LogP contribution in [0.4, 0.5) is 8.78 Å². The topological polar surface area (TPSA) is 213 Å². The maximum absolute atomic E-state index is 14.0. The van der Waals surface area contributed by atoms with Crippen LogP contribution < -0.4 is 18.9 Å². The number of carboxylic acid groups (broad SMARTS) is 1. The molecular formula is C57H56Cl2F2N10O10. The summed E-state index contributed by atoms with van der Waals surface area (Å²) >= 11 is 11.6. The van der Waals surface area contributed by atoms with E-state index < -0.39 is 17.6 Å². The number of carbonyl (C=O) groups is 2. The van der Waals surface area contributed by atoms with Gasteiger partial charge in [-0.2, -0.15) is 9.97 Å². The molecule has 81 heavy (non-hydrogen) atoms. The van der Waals surface area contributed by atoms with Gasteiger partial charge in [-0.1, -0.05) is 23.2 Å². The van der Waals surface area contributed by atoms with Crippen LogP contribution in [0.1, 0.15) is 69.7 Å². The fourth-order valence-electron chi connectivity index (χ4n) is 9.95. The fourth-order valence-corrected chi connectivity index (χ4v) is 10.3. The summed E-state index contributed by atoms with van der Waals surface area (Å²) in [4.78, 5) is 55.2. The molecule has 8 heterocycles. The number of nitrogens with zero attached hydrogens (tertiary/aromatic N) is 10. The molecule has 1 N–H and O–H groups in total. The first kappa shape index (κ1) is 55.3. The SMILES string of the molecule is COC(=O)c1ccc2nc(CN3CC[C@H](Oc4ccnc(COc5ccc(Cl)cc5F)n4)C3)n(C[C@@H]3CCO3)c2c1.O=C(O)c1ccc2nc(CN3CC[C@H](Oc4ccnc(COc5ccc(Cl)cc5F)n4)C3)n(C[C@@H]3CCO3)c2c1. The highest BCUT2D eigenvalue weighted by Gasteiger charge is 2.30. The van der Waals surface area contributed by atoms with Crippen LogP contribution in [0.3, 0.4) is 0 Å². The molecule has 0 saturated carbocycles. The molecular weight excluding hydrogens is 1090 g/mol. The van der Waals surface area contributed by atoms with Gasteiger partial charge < -0.3 is 47.4 Å². The number of carboxylic acids is 1. The van der Waals surface area contributed by atoms with Crippen molar-refractivity contribution in [2.24, 2.45) is 0 Å². The molecule has 0 bridgehead atoms. The molecule has 4 aromatic carbocycles. The van der Waals surface area contributed by atoms with E-state index in [2.05, 4.69) is 38.9 Å². The van der Waals surface area contributed by atoms with Gasteiger partial charge in [0.05, 0.1) is 78.7 Å². The molecule has 4 aromatic heterocycles. The molecule has 0 spiro atoms. The van der Waals surface area contributed by atoms with Crippen molar-refractivity contribution < 1.29 is 56.6 Å². The average molecular weight is 1150 g/mol. The summed E-state index contributed by atoms with van der Waals surface area (Å²) < 4.78 is 71.9. The van der Waals surface area contributed by atoms with E-state index in [9.17, 15) is 23.5 Å². The Morgan fingerprint density at radius 1 is 0.630 bits per heavy atom. The number of ether oxygens (including phenoxy) is 7. The largest absolute Gasteiger partial charge is 0.483 e. The van der Waals surface area contributed by atoms with Crippen LogP contribution in [0.15, 0.2) is 97.3 Å². The number of esters is 1. The molecule has 8 aromatic rings. The average Bonchev–Trinajstić information content (AvgIpc) is 4.44. The fraction of sp³-hybridized carbons (Fsp3) is 0.368. The number of aromatic nitrogens is 8. The molecule has 4 saturated heterocycles. The summed E-state index contributed by atoms with van der Waals surface area (Å²) in [6.45, 7) is 7.03. The van der Waals surface area contributed by atoms with Gasteiger partial charge in [0, 0.05) is 74.0 Å². The number of methoxy groups -OCH3 is 1. The van der Waals surface area contributed by atoms with Crippen LogP contribution >= 0.6 is 23.2 Å². The van der Waals surface area contributed by atoms with Crippen LogP contribution in [0, 0.1) is 11.6 Å². The van der Waals surface area contributed by atoms with Gasteiger partial charge in [-0.05, 0) is 98.5 Å². The van der Waals surface area contributed by atoms with Crippen molar-refractivity contribution in [3.05, 3.63) is 153 Å². The van der Waals surface area contributed by atoms with Gasteiger partial charge in [0.25, 0.3) is 0 Å². The smallest absolute Gasteiger partial charge is 0.337 e. The van der Waals surface area contributed by atoms with Crippen LogP contribution in [0.5, 0.6) is 23.3 Å². The molecule has 20 nitrogen and oxygen atoms in total. The molecule has 4 atom stereocenters. The zero-order chi connectivity index (χ0) is 56.0. The Morgan fingerprint density at radius 3 is 1.53 bits per heavy atom. The first-order valence-corrected chi connectivity index (χ1v) is 27.2. The summed E-state index contributed by atoms with van der Waals surface area (Å²) in [5.41, 5.74) is 4.00. The van der Waals surface area contributed by atoms with Crippen molar-refractivity contribution in [3.8, 4) is 23.3 Å². The lowest BCUT2D eigenvalue weighted by atomic mass is 10.1. The normalized spacial score (nSPS) is 18.9. The minimum atomic E-state index is -0.966. The molecule has 4 aliphatic heterocycles. The number of benzene rings is 4. The van der Waals surface area contributed by atoms with Crippen molar-refractivity contribution in [2.45, 2.75) is 89.5 Å². The van der Waals surface area contributed by atoms with Crippen molar-refractivity contribution in [1.82, 2.24) is 48.8 Å². The molecule has 0 radical (unpaired) electrons. The van der Waals surface area contributed by atoms with Crippen molar-refractivity contribution in [2.75, 3.05) is 46.5 Å². The maximum atomic E-state index is 14.0. The van der Waals surface area contributed by atoms with Crippen molar-refractivity contribution in [1.29, 1.82) is 0 Å². The summed E-state index contributed by atoms with van der Waals surface area (Å²) in [7, 11) is 1.38. The third-order valence-corrected chi connectivity index (χ3v) is 14.8. The molecule has 4 aliphatic rings. The van der Waals surface area contributed by atoms with E-state index in [0.717, 1.165) is 85.7 Å². The number of hydrogen-bond donors (Lipinski definition) is 1. The van der Waals surface area contributed by atoms with Crippen molar-refractivity contribution in [3.63, 3.8) is 0 Å². The Balaban J connectivity index is 0.000000170. The van der Waals surface area contributed by atoms with E-state index in [1.165, 1.54) is 31.4 Å². The monoisotopic (exact) mass is 1150 g/mol. The zero-order valence-corrected chi connectivity index (χ0v) is 45.5. The zero-order valence-electron chi connectivity index (χ0n) is 44.0. The highest BCUT2D eigenvalue weighted by atomic mass is 35.5. The molecule has 0 amide bonds. The van der Waals surface area contributed by atoms with Gasteiger partial charge in [0.15, 0.2) is 34.8 Å². The summed E-state index contributed by atoms with van der Waals surface area (Å²) in [5.74, 6) is 1.09. The first-order valence-electron chi connectivity index (χ1n) is 26.5. The van der Waals surface area contributed by atoms with E-state index in [1.54, 1.807) is 60.9 Å². The minimum absolute atomic E-state index is 0.00877. The Hall–Kier alpha value is -7.60. The Morgan fingerprint density at radius 2 is 1.10 bits per heavy atom. The molecule has 12 rings (SSSR count). The Bertz CT molecular complexity index is 3570. The number of imidazole rings is 2. The van der Waals surface area contributed by atoms with Crippen molar-refractivity contribution >= 4 is 57.2 Å². The van der Waals surface area contributed by atoms with E-state index in [-0.39, 0.29) is 60.7 Å². The minimum Gasteiger partial charge on any atom is -0.483 e. The third-order valence-electron chi connectivity index (χ3n) is 14.3. The van der Waals surface area contributed by atoms with E-state index in [1.807, 2.05) is 12.1 Å². The number of aromatic carboxylic acids is 1. The van der Waals surface area contributed by atoms with Gasteiger partial charge in [-0.3, -0.25) is 9.80 Å². The number of hydrogen-bond acceptors (Lipinski definition) is 17. The van der Waals surface area contributed by atoms with Crippen LogP contribution in [0.2, 0.25) is 10.0 Å². The van der Waals surface area contributed by atoms with Gasteiger partial charge in [0.2, 0.25) is 11.8 Å². The summed E-state index contributed by atoms with van der Waals surface area (Å²) in [6.07, 6.45) is 6.87. The molecule has 0 unspecified atom stereocenters. The Kier molecular flexibility index (Phi) is 17.1. The first-order chi connectivity index (χ1) is 39.4. The van der Waals surface area contributed by atoms with E-state index in [4.69, 9.17) is 66.3 Å². The quantitative estimate of drug-likeness (QED) is 0.0706. The lowest BCUT2D eigenvalue weighted by Gasteiger charge is -2.28. The maximum Gasteiger partial charge on any atom is 0.337 e. The second-order valence-electron chi connectivity index (χ2n) is 19.9. The third kappa shape index (κ3) is 13.6. The highest BCUT2D eigenvalue weighted by molar-refractivity contribution is 6.30. The summed E-state index contributed by atoms with van der Waals surface area (Å²) in [6, 6.07) is 22.3. The van der Waals surface area contributed by atoms with E-state index in [0.29, 0.717) is 78.3 Å². The second kappa shape index (κ2) is 25.0. The van der Waals surface area contributed by atoms with Gasteiger partial charge in [0.1, 0.15) is 37.1 Å². The predicted octanol–water partition coefficient (Wildman–Crippen LogP) is 8.76. The lowest BCUT2D eigenvalue weighted by Crippen LogP contribution is -2.33. The Labute approximate surface area is 473 Å².